The maximum atomic E-state index is 12.6. The number of thiazole rings is 1. The zero-order chi connectivity index (χ0) is 17.7. The first-order valence-electron chi connectivity index (χ1n) is 8.16. The van der Waals surface area contributed by atoms with Gasteiger partial charge in [0.25, 0.3) is 5.91 Å². The van der Waals surface area contributed by atoms with Crippen LogP contribution in [0.15, 0.2) is 66.7 Å². The molecule has 4 nitrogen and oxygen atoms in total. The summed E-state index contributed by atoms with van der Waals surface area (Å²) in [6, 6.07) is 20.5. The summed E-state index contributed by atoms with van der Waals surface area (Å²) in [5.41, 5.74) is 4.36. The Bertz CT molecular complexity index is 1180. The van der Waals surface area contributed by atoms with Gasteiger partial charge in [-0.2, -0.15) is 0 Å². The predicted octanol–water partition coefficient (Wildman–Crippen LogP) is 4.76. The Morgan fingerprint density at radius 1 is 0.846 bits per heavy atom. The van der Waals surface area contributed by atoms with Crippen molar-refractivity contribution in [1.29, 1.82) is 0 Å². The first kappa shape index (κ1) is 15.0. The van der Waals surface area contributed by atoms with Crippen molar-refractivity contribution in [2.45, 2.75) is 0 Å². The minimum Gasteiger partial charge on any atom is -0.298 e. The molecule has 0 bridgehead atoms. The molecule has 5 rings (SSSR count). The van der Waals surface area contributed by atoms with E-state index in [4.69, 9.17) is 0 Å². The van der Waals surface area contributed by atoms with Gasteiger partial charge in [-0.3, -0.25) is 14.9 Å². The molecule has 1 aliphatic carbocycles. The summed E-state index contributed by atoms with van der Waals surface area (Å²) in [6.07, 6.45) is 0. The van der Waals surface area contributed by atoms with Gasteiger partial charge < -0.3 is 0 Å². The number of aromatic nitrogens is 1. The smallest absolute Gasteiger partial charge is 0.257 e. The van der Waals surface area contributed by atoms with Crippen LogP contribution in [-0.4, -0.2) is 16.7 Å². The summed E-state index contributed by atoms with van der Waals surface area (Å²) < 4.78 is 1.02. The highest BCUT2D eigenvalue weighted by atomic mass is 32.1. The van der Waals surface area contributed by atoms with Crippen LogP contribution in [0.2, 0.25) is 0 Å². The van der Waals surface area contributed by atoms with Gasteiger partial charge in [-0.05, 0) is 35.4 Å². The van der Waals surface area contributed by atoms with Crippen molar-refractivity contribution in [3.05, 3.63) is 83.4 Å². The molecule has 1 N–H and O–H groups in total. The predicted molar refractivity (Wildman–Crippen MR) is 103 cm³/mol. The quantitative estimate of drug-likeness (QED) is 0.496. The summed E-state index contributed by atoms with van der Waals surface area (Å²) in [6.45, 7) is 0. The number of anilines is 1. The third kappa shape index (κ3) is 2.25. The van der Waals surface area contributed by atoms with E-state index in [9.17, 15) is 9.59 Å². The van der Waals surface area contributed by atoms with Crippen LogP contribution in [0.5, 0.6) is 0 Å². The van der Waals surface area contributed by atoms with Crippen LogP contribution in [0.25, 0.3) is 21.3 Å². The molecule has 26 heavy (non-hydrogen) atoms. The molecule has 1 heterocycles. The lowest BCUT2D eigenvalue weighted by molar-refractivity contribution is 0.102. The zero-order valence-electron chi connectivity index (χ0n) is 13.5. The average molecular weight is 356 g/mol. The summed E-state index contributed by atoms with van der Waals surface area (Å²) in [5, 5.41) is 3.38. The van der Waals surface area contributed by atoms with Gasteiger partial charge in [0.2, 0.25) is 0 Å². The maximum absolute atomic E-state index is 12.6. The number of ketones is 1. The molecular formula is C21H12N2O2S. The Balaban J connectivity index is 1.48. The largest absolute Gasteiger partial charge is 0.298 e. The number of hydrogen-bond donors (Lipinski definition) is 1. The fourth-order valence-electron chi connectivity index (χ4n) is 3.26. The number of carbonyl (C=O) groups excluding carboxylic acids is 2. The lowest BCUT2D eigenvalue weighted by Crippen LogP contribution is -2.12. The van der Waals surface area contributed by atoms with E-state index in [0.29, 0.717) is 21.8 Å². The minimum absolute atomic E-state index is 0.0368. The van der Waals surface area contributed by atoms with E-state index in [-0.39, 0.29) is 11.7 Å². The minimum atomic E-state index is -0.268. The molecule has 1 aliphatic rings. The van der Waals surface area contributed by atoms with E-state index in [0.717, 1.165) is 21.3 Å². The van der Waals surface area contributed by atoms with Crippen molar-refractivity contribution in [3.63, 3.8) is 0 Å². The number of para-hydroxylation sites is 1. The van der Waals surface area contributed by atoms with Crippen LogP contribution >= 0.6 is 11.3 Å². The molecule has 1 aromatic heterocycles. The second kappa shape index (κ2) is 5.61. The van der Waals surface area contributed by atoms with Crippen LogP contribution in [0.4, 0.5) is 5.13 Å². The van der Waals surface area contributed by atoms with E-state index in [1.54, 1.807) is 12.1 Å². The van der Waals surface area contributed by atoms with Gasteiger partial charge in [0.15, 0.2) is 10.9 Å². The molecule has 1 amide bonds. The Kier molecular flexibility index (Phi) is 3.23. The van der Waals surface area contributed by atoms with E-state index < -0.39 is 0 Å². The summed E-state index contributed by atoms with van der Waals surface area (Å²) >= 11 is 1.43. The number of nitrogens with zero attached hydrogens (tertiary/aromatic N) is 1. The van der Waals surface area contributed by atoms with Gasteiger partial charge >= 0.3 is 0 Å². The molecule has 0 aliphatic heterocycles. The first-order chi connectivity index (χ1) is 12.7. The molecule has 0 unspecified atom stereocenters. The molecule has 0 fully saturated rings. The number of rotatable bonds is 2. The highest BCUT2D eigenvalue weighted by Gasteiger charge is 2.27. The molecule has 0 spiro atoms. The standard InChI is InChI=1S/C21H12N2O2S/c24-19-15-6-2-1-5-13(15)14-10-9-12(11-16(14)19)20(25)23-21-22-17-7-3-4-8-18(17)26-21/h1-11H,(H,22,23,25). The maximum Gasteiger partial charge on any atom is 0.257 e. The molecule has 0 atom stereocenters. The Hall–Kier alpha value is -3.31. The molecule has 0 saturated heterocycles. The zero-order valence-corrected chi connectivity index (χ0v) is 14.3. The fourth-order valence-corrected chi connectivity index (χ4v) is 4.13. The molecule has 3 aromatic carbocycles. The number of hydrogen-bond acceptors (Lipinski definition) is 4. The van der Waals surface area contributed by atoms with E-state index >= 15 is 0 Å². The SMILES string of the molecule is O=C(Nc1nc2ccccc2s1)c1ccc2c(c1)C(=O)c1ccccc1-2. The Morgan fingerprint density at radius 2 is 1.58 bits per heavy atom. The Labute approximate surface area is 153 Å². The van der Waals surface area contributed by atoms with Crippen molar-refractivity contribution in [3.8, 4) is 11.1 Å². The molecule has 124 valence electrons. The van der Waals surface area contributed by atoms with E-state index in [2.05, 4.69) is 10.3 Å². The van der Waals surface area contributed by atoms with Crippen LogP contribution in [-0.2, 0) is 0 Å². The average Bonchev–Trinajstić information content (AvgIpc) is 3.20. The van der Waals surface area contributed by atoms with Gasteiger partial charge in [0, 0.05) is 16.7 Å². The van der Waals surface area contributed by atoms with Crippen LogP contribution in [0.1, 0.15) is 26.3 Å². The molecule has 4 aromatic rings. The van der Waals surface area contributed by atoms with Crippen molar-refractivity contribution < 1.29 is 9.59 Å². The third-order valence-corrected chi connectivity index (χ3v) is 5.45. The lowest BCUT2D eigenvalue weighted by Gasteiger charge is -2.04. The fraction of sp³-hybridized carbons (Fsp3) is 0. The number of nitrogens with one attached hydrogen (secondary N) is 1. The van der Waals surface area contributed by atoms with E-state index in [1.807, 2.05) is 54.6 Å². The van der Waals surface area contributed by atoms with Crippen molar-refractivity contribution in [2.75, 3.05) is 5.32 Å². The topological polar surface area (TPSA) is 59.1 Å². The number of benzene rings is 3. The van der Waals surface area contributed by atoms with Crippen LogP contribution in [0.3, 0.4) is 0 Å². The highest BCUT2D eigenvalue weighted by Crippen LogP contribution is 2.36. The van der Waals surface area contributed by atoms with Gasteiger partial charge in [-0.1, -0.05) is 53.8 Å². The van der Waals surface area contributed by atoms with Crippen LogP contribution < -0.4 is 5.32 Å². The van der Waals surface area contributed by atoms with Crippen molar-refractivity contribution in [1.82, 2.24) is 4.98 Å². The number of amides is 1. The second-order valence-corrected chi connectivity index (χ2v) is 7.11. The monoisotopic (exact) mass is 356 g/mol. The normalized spacial score (nSPS) is 12.1. The highest BCUT2D eigenvalue weighted by molar-refractivity contribution is 7.22. The van der Waals surface area contributed by atoms with Gasteiger partial charge in [0.1, 0.15) is 0 Å². The summed E-state index contributed by atoms with van der Waals surface area (Å²) in [5.74, 6) is -0.305. The third-order valence-electron chi connectivity index (χ3n) is 4.50. The molecule has 5 heteroatoms. The lowest BCUT2D eigenvalue weighted by atomic mass is 10.0. The van der Waals surface area contributed by atoms with E-state index in [1.165, 1.54) is 11.3 Å². The molecule has 0 radical (unpaired) electrons. The van der Waals surface area contributed by atoms with Gasteiger partial charge in [-0.25, -0.2) is 4.98 Å². The summed E-state index contributed by atoms with van der Waals surface area (Å²) in [7, 11) is 0. The van der Waals surface area contributed by atoms with Crippen molar-refractivity contribution in [2.24, 2.45) is 0 Å². The molecule has 0 saturated carbocycles. The van der Waals surface area contributed by atoms with Gasteiger partial charge in [0.05, 0.1) is 10.2 Å². The first-order valence-corrected chi connectivity index (χ1v) is 8.97. The second-order valence-electron chi connectivity index (χ2n) is 6.08. The van der Waals surface area contributed by atoms with Gasteiger partial charge in [-0.15, -0.1) is 0 Å². The Morgan fingerprint density at radius 3 is 2.42 bits per heavy atom. The number of fused-ring (bicyclic) bond motifs is 4. The van der Waals surface area contributed by atoms with Crippen molar-refractivity contribution >= 4 is 38.4 Å². The number of carbonyl (C=O) groups is 2. The summed E-state index contributed by atoms with van der Waals surface area (Å²) in [4.78, 5) is 29.6. The molecular weight excluding hydrogens is 344 g/mol. The van der Waals surface area contributed by atoms with Crippen LogP contribution in [0, 0.1) is 0 Å².